The lowest BCUT2D eigenvalue weighted by Crippen LogP contribution is -1.99. The molecular formula is C11H22N2. The topological polar surface area (TPSA) is 24.7 Å². The summed E-state index contributed by atoms with van der Waals surface area (Å²) in [5.74, 6) is 1.01. The zero-order valence-corrected chi connectivity index (χ0v) is 9.43. The molecule has 2 heteroatoms. The van der Waals surface area contributed by atoms with Gasteiger partial charge in [-0.1, -0.05) is 27.2 Å². The third-order valence-electron chi connectivity index (χ3n) is 1.95. The highest BCUT2D eigenvalue weighted by atomic mass is 14.9. The van der Waals surface area contributed by atoms with E-state index in [1.807, 2.05) is 0 Å². The van der Waals surface area contributed by atoms with Crippen molar-refractivity contribution in [2.75, 3.05) is 6.54 Å². The molecule has 0 aromatic carbocycles. The Balaban J connectivity index is 4.08. The molecule has 0 aliphatic rings. The predicted molar refractivity (Wildman–Crippen MR) is 60.9 cm³/mol. The van der Waals surface area contributed by atoms with Gasteiger partial charge >= 0.3 is 0 Å². The second-order valence-electron chi connectivity index (χ2n) is 3.21. The summed E-state index contributed by atoms with van der Waals surface area (Å²) in [4.78, 5) is 8.90. The lowest BCUT2D eigenvalue weighted by atomic mass is 10.3. The van der Waals surface area contributed by atoms with Gasteiger partial charge in [-0.2, -0.15) is 0 Å². The van der Waals surface area contributed by atoms with Gasteiger partial charge in [0.2, 0.25) is 0 Å². The van der Waals surface area contributed by atoms with Crippen molar-refractivity contribution >= 4 is 11.5 Å². The van der Waals surface area contributed by atoms with Crippen LogP contribution in [0.15, 0.2) is 9.98 Å². The molecule has 0 unspecified atom stereocenters. The zero-order valence-electron chi connectivity index (χ0n) is 9.43. The Labute approximate surface area is 82.2 Å². The second kappa shape index (κ2) is 7.96. The summed E-state index contributed by atoms with van der Waals surface area (Å²) in [7, 11) is 0. The number of unbranched alkanes of at least 4 members (excludes halogenated alkanes) is 1. The van der Waals surface area contributed by atoms with E-state index in [0.29, 0.717) is 0 Å². The highest BCUT2D eigenvalue weighted by Gasteiger charge is 1.93. The minimum absolute atomic E-state index is 0.931. The van der Waals surface area contributed by atoms with Crippen LogP contribution in [0, 0.1) is 0 Å². The number of nitrogens with zero attached hydrogens (tertiary/aromatic N) is 2. The normalized spacial score (nSPS) is 13.5. The molecule has 13 heavy (non-hydrogen) atoms. The summed E-state index contributed by atoms with van der Waals surface area (Å²) in [6.07, 6.45) is 4.34. The maximum Gasteiger partial charge on any atom is 0.122 e. The first-order valence-electron chi connectivity index (χ1n) is 5.32. The van der Waals surface area contributed by atoms with Crippen LogP contribution in [0.2, 0.25) is 0 Å². The molecule has 0 aliphatic carbocycles. The molecule has 0 atom stereocenters. The SMILES string of the molecule is CCCCN=C(CC)N=C(C)CC. The van der Waals surface area contributed by atoms with Gasteiger partial charge in [0.25, 0.3) is 0 Å². The Morgan fingerprint density at radius 2 is 1.77 bits per heavy atom. The van der Waals surface area contributed by atoms with Gasteiger partial charge < -0.3 is 0 Å². The Morgan fingerprint density at radius 1 is 1.08 bits per heavy atom. The molecule has 2 nitrogen and oxygen atoms in total. The lowest BCUT2D eigenvalue weighted by molar-refractivity contribution is 0.804. The van der Waals surface area contributed by atoms with E-state index in [4.69, 9.17) is 0 Å². The average Bonchev–Trinajstić information content (AvgIpc) is 2.16. The van der Waals surface area contributed by atoms with Crippen LogP contribution in [0.4, 0.5) is 0 Å². The standard InChI is InChI=1S/C11H22N2/c1-5-8-9-12-11(7-3)13-10(4)6-2/h5-9H2,1-4H3. The number of hydrogen-bond acceptors (Lipinski definition) is 1. The fourth-order valence-corrected chi connectivity index (χ4v) is 0.892. The zero-order chi connectivity index (χ0) is 10.1. The van der Waals surface area contributed by atoms with Crippen LogP contribution in [0.1, 0.15) is 53.4 Å². The van der Waals surface area contributed by atoms with Crippen molar-refractivity contribution in [1.82, 2.24) is 0 Å². The summed E-state index contributed by atoms with van der Waals surface area (Å²) >= 11 is 0. The molecule has 0 amide bonds. The van der Waals surface area contributed by atoms with Gasteiger partial charge in [0.1, 0.15) is 5.84 Å². The van der Waals surface area contributed by atoms with Crippen LogP contribution < -0.4 is 0 Å². The Hall–Kier alpha value is -0.660. The first-order valence-corrected chi connectivity index (χ1v) is 5.32. The fraction of sp³-hybridized carbons (Fsp3) is 0.818. The predicted octanol–water partition coefficient (Wildman–Crippen LogP) is 3.47. The molecule has 0 aromatic rings. The van der Waals surface area contributed by atoms with Gasteiger partial charge in [-0.25, -0.2) is 4.99 Å². The van der Waals surface area contributed by atoms with E-state index in [2.05, 4.69) is 37.7 Å². The van der Waals surface area contributed by atoms with Crippen LogP contribution in [0.25, 0.3) is 0 Å². The largest absolute Gasteiger partial charge is 0.271 e. The molecule has 0 N–H and O–H groups in total. The lowest BCUT2D eigenvalue weighted by Gasteiger charge is -1.99. The Kier molecular flexibility index (Phi) is 7.56. The molecule has 0 saturated heterocycles. The molecule has 0 rings (SSSR count). The maximum absolute atomic E-state index is 4.45. The van der Waals surface area contributed by atoms with Crippen LogP contribution in [0.5, 0.6) is 0 Å². The minimum atomic E-state index is 0.931. The highest BCUT2D eigenvalue weighted by molar-refractivity contribution is 5.96. The molecular weight excluding hydrogens is 160 g/mol. The van der Waals surface area contributed by atoms with Crippen LogP contribution in [0.3, 0.4) is 0 Å². The maximum atomic E-state index is 4.45. The smallest absolute Gasteiger partial charge is 0.122 e. The van der Waals surface area contributed by atoms with E-state index < -0.39 is 0 Å². The third-order valence-corrected chi connectivity index (χ3v) is 1.95. The van der Waals surface area contributed by atoms with Crippen molar-refractivity contribution < 1.29 is 0 Å². The van der Waals surface area contributed by atoms with Gasteiger partial charge in [-0.05, 0) is 19.8 Å². The molecule has 0 spiro atoms. The minimum Gasteiger partial charge on any atom is -0.271 e. The van der Waals surface area contributed by atoms with Crippen LogP contribution in [-0.2, 0) is 0 Å². The molecule has 0 fully saturated rings. The monoisotopic (exact) mass is 182 g/mol. The van der Waals surface area contributed by atoms with Crippen molar-refractivity contribution in [2.24, 2.45) is 9.98 Å². The van der Waals surface area contributed by atoms with Gasteiger partial charge in [-0.15, -0.1) is 0 Å². The second-order valence-corrected chi connectivity index (χ2v) is 3.21. The Bertz CT molecular complexity index is 181. The molecule has 0 aliphatic heterocycles. The molecule has 0 heterocycles. The molecule has 76 valence electrons. The molecule has 0 saturated carbocycles. The quantitative estimate of drug-likeness (QED) is 0.353. The Morgan fingerprint density at radius 3 is 2.23 bits per heavy atom. The molecule has 0 bridgehead atoms. The number of amidine groups is 1. The highest BCUT2D eigenvalue weighted by Crippen LogP contribution is 1.95. The number of rotatable bonds is 5. The van der Waals surface area contributed by atoms with Gasteiger partial charge in [-0.3, -0.25) is 4.99 Å². The first-order chi connectivity index (χ1) is 6.24. The van der Waals surface area contributed by atoms with Crippen molar-refractivity contribution in [3.05, 3.63) is 0 Å². The van der Waals surface area contributed by atoms with Crippen molar-refractivity contribution in [2.45, 2.75) is 53.4 Å². The van der Waals surface area contributed by atoms with E-state index in [9.17, 15) is 0 Å². The van der Waals surface area contributed by atoms with E-state index >= 15 is 0 Å². The van der Waals surface area contributed by atoms with Crippen molar-refractivity contribution in [3.8, 4) is 0 Å². The van der Waals surface area contributed by atoms with Crippen LogP contribution in [-0.4, -0.2) is 18.1 Å². The van der Waals surface area contributed by atoms with E-state index in [1.165, 1.54) is 18.6 Å². The number of hydrogen-bond donors (Lipinski definition) is 0. The summed E-state index contributed by atoms with van der Waals surface area (Å²) in [6.45, 7) is 9.41. The van der Waals surface area contributed by atoms with Crippen molar-refractivity contribution in [1.29, 1.82) is 0 Å². The first kappa shape index (κ1) is 12.3. The fourth-order valence-electron chi connectivity index (χ4n) is 0.892. The van der Waals surface area contributed by atoms with E-state index in [-0.39, 0.29) is 0 Å². The third kappa shape index (κ3) is 6.50. The van der Waals surface area contributed by atoms with Crippen LogP contribution >= 0.6 is 0 Å². The van der Waals surface area contributed by atoms with E-state index in [0.717, 1.165) is 25.2 Å². The molecule has 0 aromatic heterocycles. The summed E-state index contributed by atoms with van der Waals surface area (Å²) in [5, 5.41) is 0. The van der Waals surface area contributed by atoms with Gasteiger partial charge in [0, 0.05) is 18.7 Å². The van der Waals surface area contributed by atoms with Crippen molar-refractivity contribution in [3.63, 3.8) is 0 Å². The molecule has 0 radical (unpaired) electrons. The summed E-state index contributed by atoms with van der Waals surface area (Å²) < 4.78 is 0. The van der Waals surface area contributed by atoms with E-state index in [1.54, 1.807) is 0 Å². The number of aliphatic imine (C=N–C) groups is 2. The van der Waals surface area contributed by atoms with Gasteiger partial charge in [0.05, 0.1) is 0 Å². The summed E-state index contributed by atoms with van der Waals surface area (Å²) in [5.41, 5.74) is 1.18. The van der Waals surface area contributed by atoms with Gasteiger partial charge in [0.15, 0.2) is 0 Å². The summed E-state index contributed by atoms with van der Waals surface area (Å²) in [6, 6.07) is 0. The average molecular weight is 182 g/mol.